The highest BCUT2D eigenvalue weighted by Gasteiger charge is 2.34. The third kappa shape index (κ3) is 4.22. The smallest absolute Gasteiger partial charge is 0.385 e. The van der Waals surface area contributed by atoms with E-state index in [1.54, 1.807) is 7.11 Å². The van der Waals surface area contributed by atoms with Crippen molar-refractivity contribution >= 4 is 5.69 Å². The topological polar surface area (TPSA) is 21.3 Å². The number of rotatable bonds is 5. The highest BCUT2D eigenvalue weighted by atomic mass is 19.4. The molecule has 96 valence electrons. The molecule has 0 aliphatic rings. The third-order valence-electron chi connectivity index (χ3n) is 2.13. The van der Waals surface area contributed by atoms with Gasteiger partial charge >= 0.3 is 6.18 Å². The number of hydrogen-bond acceptors (Lipinski definition) is 2. The number of halogens is 4. The van der Waals surface area contributed by atoms with Crippen LogP contribution in [0.5, 0.6) is 0 Å². The Kier molecular flexibility index (Phi) is 4.74. The second-order valence-corrected chi connectivity index (χ2v) is 3.47. The Hall–Kier alpha value is -1.30. The largest absolute Gasteiger partial charge is 0.419 e. The van der Waals surface area contributed by atoms with Gasteiger partial charge < -0.3 is 10.1 Å². The average molecular weight is 251 g/mol. The molecule has 0 aromatic heterocycles. The predicted molar refractivity (Wildman–Crippen MR) is 56.4 cm³/mol. The lowest BCUT2D eigenvalue weighted by atomic mass is 10.2. The lowest BCUT2D eigenvalue weighted by Crippen LogP contribution is -2.10. The van der Waals surface area contributed by atoms with Crippen molar-refractivity contribution in [3.05, 3.63) is 29.6 Å². The monoisotopic (exact) mass is 251 g/mol. The molecule has 1 N–H and O–H groups in total. The molecule has 17 heavy (non-hydrogen) atoms. The number of alkyl halides is 3. The number of nitrogens with one attached hydrogen (secondary N) is 1. The molecule has 6 heteroatoms. The van der Waals surface area contributed by atoms with Crippen molar-refractivity contribution < 1.29 is 22.3 Å². The van der Waals surface area contributed by atoms with Gasteiger partial charge in [0.15, 0.2) is 0 Å². The molecule has 0 aliphatic carbocycles. The van der Waals surface area contributed by atoms with E-state index >= 15 is 0 Å². The molecule has 0 fully saturated rings. The second kappa shape index (κ2) is 5.86. The zero-order chi connectivity index (χ0) is 12.9. The minimum Gasteiger partial charge on any atom is -0.385 e. The maximum atomic E-state index is 12.9. The minimum absolute atomic E-state index is 0.245. The lowest BCUT2D eigenvalue weighted by Gasteiger charge is -2.11. The van der Waals surface area contributed by atoms with Crippen molar-refractivity contribution in [3.8, 4) is 0 Å². The van der Waals surface area contributed by atoms with Crippen molar-refractivity contribution in [1.29, 1.82) is 0 Å². The molecule has 0 spiro atoms. The molecule has 1 aromatic carbocycles. The highest BCUT2D eigenvalue weighted by molar-refractivity contribution is 5.47. The van der Waals surface area contributed by atoms with Gasteiger partial charge in [-0.25, -0.2) is 4.39 Å². The van der Waals surface area contributed by atoms with E-state index in [1.165, 1.54) is 6.07 Å². The summed E-state index contributed by atoms with van der Waals surface area (Å²) in [6.07, 6.45) is -4.01. The van der Waals surface area contributed by atoms with Crippen LogP contribution in [-0.4, -0.2) is 20.3 Å². The number of hydrogen-bond donors (Lipinski definition) is 1. The zero-order valence-electron chi connectivity index (χ0n) is 9.27. The summed E-state index contributed by atoms with van der Waals surface area (Å²) in [6.45, 7) is 0.983. The Morgan fingerprint density at radius 3 is 2.59 bits per heavy atom. The van der Waals surface area contributed by atoms with Crippen LogP contribution in [0.4, 0.5) is 23.2 Å². The molecule has 0 aliphatic heterocycles. The fourth-order valence-electron chi connectivity index (χ4n) is 1.30. The van der Waals surface area contributed by atoms with E-state index in [0.29, 0.717) is 19.6 Å². The molecule has 0 radical (unpaired) electrons. The Morgan fingerprint density at radius 1 is 1.29 bits per heavy atom. The first-order valence-electron chi connectivity index (χ1n) is 5.04. The Balaban J connectivity index is 2.69. The Morgan fingerprint density at radius 2 is 2.00 bits per heavy atom. The molecule has 0 bridgehead atoms. The van der Waals surface area contributed by atoms with E-state index in [9.17, 15) is 17.6 Å². The predicted octanol–water partition coefficient (Wildman–Crippen LogP) is 3.29. The third-order valence-corrected chi connectivity index (χ3v) is 2.13. The second-order valence-electron chi connectivity index (χ2n) is 3.47. The quantitative estimate of drug-likeness (QED) is 0.640. The highest BCUT2D eigenvalue weighted by Crippen LogP contribution is 2.32. The summed E-state index contributed by atoms with van der Waals surface area (Å²) >= 11 is 0. The molecule has 0 unspecified atom stereocenters. The minimum atomic E-state index is -4.67. The van der Waals surface area contributed by atoms with E-state index in [1.807, 2.05) is 0 Å². The summed E-state index contributed by atoms with van der Waals surface area (Å²) in [5.41, 5.74) is -1.01. The van der Waals surface area contributed by atoms with Gasteiger partial charge in [-0.1, -0.05) is 0 Å². The van der Waals surface area contributed by atoms with Crippen molar-refractivity contribution in [1.82, 2.24) is 0 Å². The van der Waals surface area contributed by atoms with Crippen molar-refractivity contribution in [3.63, 3.8) is 0 Å². The SMILES string of the molecule is COCCCNc1ccc(F)c(C(F)(F)F)c1. The maximum Gasteiger partial charge on any atom is 0.419 e. The van der Waals surface area contributed by atoms with Crippen LogP contribution in [0.15, 0.2) is 18.2 Å². The van der Waals surface area contributed by atoms with Gasteiger partial charge in [0.05, 0.1) is 5.56 Å². The number of benzene rings is 1. The molecule has 1 rings (SSSR count). The van der Waals surface area contributed by atoms with Crippen molar-refractivity contribution in [2.75, 3.05) is 25.6 Å². The maximum absolute atomic E-state index is 12.9. The van der Waals surface area contributed by atoms with Gasteiger partial charge in [0.25, 0.3) is 0 Å². The summed E-state index contributed by atoms with van der Waals surface area (Å²) in [6, 6.07) is 2.85. The Bertz CT molecular complexity index is 365. The standard InChI is InChI=1S/C11H13F4NO/c1-17-6-2-5-16-8-3-4-10(12)9(7-8)11(13,14)15/h3-4,7,16H,2,5-6H2,1H3. The van der Waals surface area contributed by atoms with Crippen LogP contribution in [0, 0.1) is 5.82 Å². The number of methoxy groups -OCH3 is 1. The first-order valence-corrected chi connectivity index (χ1v) is 5.04. The van der Waals surface area contributed by atoms with Gasteiger partial charge in [-0.05, 0) is 24.6 Å². The fraction of sp³-hybridized carbons (Fsp3) is 0.455. The average Bonchev–Trinajstić information content (AvgIpc) is 2.25. The molecule has 0 atom stereocenters. The summed E-state index contributed by atoms with van der Waals surface area (Å²) in [4.78, 5) is 0. The summed E-state index contributed by atoms with van der Waals surface area (Å²) in [7, 11) is 1.54. The zero-order valence-corrected chi connectivity index (χ0v) is 9.27. The van der Waals surface area contributed by atoms with Gasteiger partial charge in [0.1, 0.15) is 5.82 Å². The van der Waals surface area contributed by atoms with Crippen LogP contribution >= 0.6 is 0 Å². The summed E-state index contributed by atoms with van der Waals surface area (Å²) in [5.74, 6) is -1.26. The molecular formula is C11H13F4NO. The van der Waals surface area contributed by atoms with Gasteiger partial charge in [0.2, 0.25) is 0 Å². The molecule has 1 aromatic rings. The molecule has 0 amide bonds. The lowest BCUT2D eigenvalue weighted by molar-refractivity contribution is -0.139. The molecule has 0 heterocycles. The van der Waals surface area contributed by atoms with Crippen LogP contribution in [0.25, 0.3) is 0 Å². The number of ether oxygens (including phenoxy) is 1. The first kappa shape index (κ1) is 13.8. The molecule has 0 saturated heterocycles. The van der Waals surface area contributed by atoms with E-state index in [0.717, 1.165) is 12.1 Å². The van der Waals surface area contributed by atoms with E-state index in [-0.39, 0.29) is 5.69 Å². The molecule has 0 saturated carbocycles. The van der Waals surface area contributed by atoms with Crippen LogP contribution in [0.2, 0.25) is 0 Å². The molecular weight excluding hydrogens is 238 g/mol. The summed E-state index contributed by atoms with van der Waals surface area (Å²) < 4.78 is 54.9. The Labute approximate surface area is 96.6 Å². The van der Waals surface area contributed by atoms with E-state index in [4.69, 9.17) is 4.74 Å². The van der Waals surface area contributed by atoms with E-state index < -0.39 is 17.6 Å². The number of anilines is 1. The summed E-state index contributed by atoms with van der Waals surface area (Å²) in [5, 5.41) is 2.77. The van der Waals surface area contributed by atoms with Gasteiger partial charge in [-0.3, -0.25) is 0 Å². The van der Waals surface area contributed by atoms with Gasteiger partial charge in [0, 0.05) is 25.9 Å². The molecule has 2 nitrogen and oxygen atoms in total. The van der Waals surface area contributed by atoms with E-state index in [2.05, 4.69) is 5.32 Å². The van der Waals surface area contributed by atoms with Gasteiger partial charge in [-0.15, -0.1) is 0 Å². The van der Waals surface area contributed by atoms with Crippen molar-refractivity contribution in [2.45, 2.75) is 12.6 Å². The normalized spacial score (nSPS) is 11.6. The van der Waals surface area contributed by atoms with Crippen LogP contribution in [-0.2, 0) is 10.9 Å². The van der Waals surface area contributed by atoms with Gasteiger partial charge in [-0.2, -0.15) is 13.2 Å². The van der Waals surface area contributed by atoms with Crippen LogP contribution < -0.4 is 5.32 Å². The van der Waals surface area contributed by atoms with Crippen molar-refractivity contribution in [2.24, 2.45) is 0 Å². The fourth-order valence-corrected chi connectivity index (χ4v) is 1.30. The van der Waals surface area contributed by atoms with Crippen LogP contribution in [0.3, 0.4) is 0 Å². The van der Waals surface area contributed by atoms with Crippen LogP contribution in [0.1, 0.15) is 12.0 Å². The first-order chi connectivity index (χ1) is 7.95.